The van der Waals surface area contributed by atoms with Crippen LogP contribution >= 0.6 is 7.59 Å². The van der Waals surface area contributed by atoms with Gasteiger partial charge in [0.15, 0.2) is 0 Å². The van der Waals surface area contributed by atoms with Crippen LogP contribution in [0.1, 0.15) is 12.5 Å². The molecule has 18 heavy (non-hydrogen) atoms. The fourth-order valence-corrected chi connectivity index (χ4v) is 2.60. The summed E-state index contributed by atoms with van der Waals surface area (Å²) in [7, 11) is -3.29. The van der Waals surface area contributed by atoms with Gasteiger partial charge in [0.25, 0.3) is 0 Å². The molecule has 0 saturated carbocycles. The van der Waals surface area contributed by atoms with Crippen LogP contribution in [0, 0.1) is 11.3 Å². The van der Waals surface area contributed by atoms with E-state index in [0.717, 1.165) is 11.3 Å². The summed E-state index contributed by atoms with van der Waals surface area (Å²) in [5.41, 5.74) is 12.7. The summed E-state index contributed by atoms with van der Waals surface area (Å²) in [6.45, 7) is 2.32. The molecule has 0 heterocycles. The monoisotopic (exact) mass is 264 g/mol. The zero-order valence-corrected chi connectivity index (χ0v) is 11.2. The van der Waals surface area contributed by atoms with E-state index < -0.39 is 7.59 Å². The molecule has 0 fully saturated rings. The van der Waals surface area contributed by atoms with Crippen LogP contribution in [0.25, 0.3) is 0 Å². The molecule has 0 radical (unpaired) electrons. The zero-order valence-electron chi connectivity index (χ0n) is 10.3. The van der Waals surface area contributed by atoms with Crippen LogP contribution < -0.4 is 15.7 Å². The molecule has 6 heteroatoms. The molecular formula is C12H17N4OP. The Morgan fingerprint density at radius 3 is 2.78 bits per heavy atom. The summed E-state index contributed by atoms with van der Waals surface area (Å²) in [6.07, 6.45) is 3.83. The lowest BCUT2D eigenvalue weighted by Crippen LogP contribution is -2.28. The maximum absolute atomic E-state index is 11.7. The number of nitrogens with zero attached hydrogens (tertiary/aromatic N) is 2. The molecule has 1 rings (SSSR count). The molecule has 0 aliphatic rings. The van der Waals surface area contributed by atoms with Gasteiger partial charge in [-0.25, -0.2) is 0 Å². The van der Waals surface area contributed by atoms with E-state index in [1.54, 1.807) is 6.08 Å². The summed E-state index contributed by atoms with van der Waals surface area (Å²) in [4.78, 5) is 0. The molecule has 1 aromatic rings. The minimum absolute atomic E-state index is 0.474. The summed E-state index contributed by atoms with van der Waals surface area (Å²) in [6, 6.07) is 9.40. The van der Waals surface area contributed by atoms with Crippen LogP contribution in [0.2, 0.25) is 0 Å². The van der Waals surface area contributed by atoms with Gasteiger partial charge in [0.05, 0.1) is 6.07 Å². The molecule has 0 spiro atoms. The van der Waals surface area contributed by atoms with Crippen molar-refractivity contribution in [1.82, 2.24) is 0 Å². The second kappa shape index (κ2) is 6.36. The number of hydrogen-bond donors (Lipinski definition) is 2. The van der Waals surface area contributed by atoms with Crippen molar-refractivity contribution in [2.45, 2.75) is 13.3 Å². The largest absolute Gasteiger partial charge is 0.300 e. The fraction of sp³-hybridized carbons (Fsp3) is 0.250. The van der Waals surface area contributed by atoms with Crippen LogP contribution in [0.3, 0.4) is 0 Å². The number of rotatable bonds is 5. The smallest absolute Gasteiger partial charge is 0.300 e. The van der Waals surface area contributed by atoms with Gasteiger partial charge in [-0.2, -0.15) is 5.26 Å². The molecule has 5 nitrogen and oxygen atoms in total. The molecule has 0 unspecified atom stereocenters. The van der Waals surface area contributed by atoms with Crippen molar-refractivity contribution in [3.05, 3.63) is 42.0 Å². The molecule has 1 aromatic carbocycles. The van der Waals surface area contributed by atoms with Crippen LogP contribution in [0.4, 0.5) is 5.69 Å². The van der Waals surface area contributed by atoms with Gasteiger partial charge in [-0.3, -0.25) is 20.2 Å². The average molecular weight is 264 g/mol. The van der Waals surface area contributed by atoms with E-state index in [-0.39, 0.29) is 0 Å². The van der Waals surface area contributed by atoms with Gasteiger partial charge in [-0.15, -0.1) is 0 Å². The van der Waals surface area contributed by atoms with Gasteiger partial charge in [-0.05, 0) is 31.0 Å². The number of anilines is 1. The molecule has 0 saturated heterocycles. The number of benzene rings is 1. The molecule has 0 amide bonds. The molecule has 0 aliphatic heterocycles. The molecular weight excluding hydrogens is 247 g/mol. The number of hydrogen-bond acceptors (Lipinski definition) is 2. The summed E-state index contributed by atoms with van der Waals surface area (Å²) >= 11 is 0. The third-order valence-electron chi connectivity index (χ3n) is 2.43. The van der Waals surface area contributed by atoms with E-state index in [9.17, 15) is 4.57 Å². The zero-order chi connectivity index (χ0) is 13.6. The van der Waals surface area contributed by atoms with E-state index >= 15 is 0 Å². The first-order chi connectivity index (χ1) is 8.49. The van der Waals surface area contributed by atoms with E-state index in [4.69, 9.17) is 16.3 Å². The molecule has 96 valence electrons. The Labute approximate surface area is 107 Å². The predicted octanol–water partition coefficient (Wildman–Crippen LogP) is 2.16. The van der Waals surface area contributed by atoms with Gasteiger partial charge in [0.2, 0.25) is 0 Å². The molecule has 0 aromatic heterocycles. The van der Waals surface area contributed by atoms with E-state index in [0.29, 0.717) is 13.0 Å². The topological polar surface area (TPSA) is 96.1 Å². The number of nitriles is 1. The Hall–Kier alpha value is -1.60. The minimum Gasteiger partial charge on any atom is -0.300 e. The predicted molar refractivity (Wildman–Crippen MR) is 73.9 cm³/mol. The van der Waals surface area contributed by atoms with Crippen molar-refractivity contribution in [1.29, 1.82) is 5.26 Å². The average Bonchev–Trinajstić information content (AvgIpc) is 2.29. The van der Waals surface area contributed by atoms with Crippen molar-refractivity contribution < 1.29 is 4.57 Å². The Morgan fingerprint density at radius 2 is 2.22 bits per heavy atom. The number of allylic oxidation sites excluding steroid dienone is 2. The number of nitrogens with two attached hydrogens (primary N) is 2. The fourth-order valence-electron chi connectivity index (χ4n) is 1.68. The van der Waals surface area contributed by atoms with E-state index in [2.05, 4.69) is 0 Å². The first-order valence-corrected chi connectivity index (χ1v) is 7.37. The van der Waals surface area contributed by atoms with Crippen LogP contribution in [-0.2, 0) is 11.0 Å². The maximum Gasteiger partial charge on any atom is 0.300 e. The lowest BCUT2D eigenvalue weighted by atomic mass is 10.1. The summed E-state index contributed by atoms with van der Waals surface area (Å²) < 4.78 is 13.2. The van der Waals surface area contributed by atoms with Gasteiger partial charge < -0.3 is 0 Å². The van der Waals surface area contributed by atoms with Gasteiger partial charge in [0.1, 0.15) is 0 Å². The molecule has 0 aliphatic carbocycles. The maximum atomic E-state index is 11.7. The quantitative estimate of drug-likeness (QED) is 0.627. The van der Waals surface area contributed by atoms with Crippen molar-refractivity contribution >= 4 is 13.3 Å². The Kier molecular flexibility index (Phi) is 5.11. The Morgan fingerprint density at radius 1 is 1.50 bits per heavy atom. The van der Waals surface area contributed by atoms with Crippen molar-refractivity contribution in [2.24, 2.45) is 11.0 Å². The third-order valence-corrected chi connectivity index (χ3v) is 3.70. The Balaban J connectivity index is 2.97. The van der Waals surface area contributed by atoms with Gasteiger partial charge in [-0.1, -0.05) is 18.2 Å². The minimum atomic E-state index is -3.29. The van der Waals surface area contributed by atoms with Gasteiger partial charge >= 0.3 is 7.59 Å². The SMILES string of the molecule is CCN(c1cccc(CC=CC#N)c1)P(N)(N)=O. The lowest BCUT2D eigenvalue weighted by molar-refractivity contribution is 0.573. The van der Waals surface area contributed by atoms with Crippen molar-refractivity contribution in [3.63, 3.8) is 0 Å². The van der Waals surface area contributed by atoms with Crippen molar-refractivity contribution in [2.75, 3.05) is 11.2 Å². The second-order valence-electron chi connectivity index (χ2n) is 3.79. The second-order valence-corrected chi connectivity index (χ2v) is 5.62. The molecule has 0 atom stereocenters. The van der Waals surface area contributed by atoms with Crippen LogP contribution in [0.5, 0.6) is 0 Å². The molecule has 0 bridgehead atoms. The highest BCUT2D eigenvalue weighted by Gasteiger charge is 2.19. The summed E-state index contributed by atoms with van der Waals surface area (Å²) in [5, 5.41) is 8.42. The van der Waals surface area contributed by atoms with Crippen molar-refractivity contribution in [3.8, 4) is 6.07 Å². The van der Waals surface area contributed by atoms with Crippen LogP contribution in [-0.4, -0.2) is 6.54 Å². The first kappa shape index (κ1) is 14.5. The summed E-state index contributed by atoms with van der Waals surface area (Å²) in [5.74, 6) is 0. The third kappa shape index (κ3) is 4.01. The van der Waals surface area contributed by atoms with Gasteiger partial charge in [0, 0.05) is 18.3 Å². The Bertz CT molecular complexity index is 515. The normalized spacial score (nSPS) is 11.4. The van der Waals surface area contributed by atoms with Crippen LogP contribution in [0.15, 0.2) is 36.4 Å². The molecule has 4 N–H and O–H groups in total. The highest BCUT2D eigenvalue weighted by molar-refractivity contribution is 7.60. The highest BCUT2D eigenvalue weighted by atomic mass is 31.2. The first-order valence-electron chi connectivity index (χ1n) is 5.57. The standard InChI is InChI=1S/C12H17N4OP/c1-2-16(18(14,15)17)12-8-5-7-11(10-12)6-3-4-9-13/h3-5,7-8,10H,2,6H2,1H3,(H4,14,15,17). The van der Waals surface area contributed by atoms with E-state index in [1.165, 1.54) is 10.7 Å². The lowest BCUT2D eigenvalue weighted by Gasteiger charge is -2.26. The van der Waals surface area contributed by atoms with E-state index in [1.807, 2.05) is 37.3 Å². The highest BCUT2D eigenvalue weighted by Crippen LogP contribution is 2.36.